The Balaban J connectivity index is 1.65. The maximum Gasteiger partial charge on any atom is 0.240 e. The van der Waals surface area contributed by atoms with Gasteiger partial charge in [0.05, 0.1) is 11.4 Å². The number of rotatable bonds is 3. The van der Waals surface area contributed by atoms with Gasteiger partial charge in [0.25, 0.3) is 0 Å². The first kappa shape index (κ1) is 18.9. The van der Waals surface area contributed by atoms with Crippen LogP contribution in [0.3, 0.4) is 0 Å². The van der Waals surface area contributed by atoms with Crippen molar-refractivity contribution in [2.45, 2.75) is 33.1 Å². The molecule has 8 nitrogen and oxygen atoms in total. The predicted octanol–water partition coefficient (Wildman–Crippen LogP) is 1.45. The summed E-state index contributed by atoms with van der Waals surface area (Å²) in [5, 5.41) is 17.2. The number of piperidine rings is 1. The second kappa shape index (κ2) is 7.77. The summed E-state index contributed by atoms with van der Waals surface area (Å²) >= 11 is 0. The third-order valence-corrected chi connectivity index (χ3v) is 5.12. The van der Waals surface area contributed by atoms with Crippen LogP contribution in [0.25, 0.3) is 0 Å². The average molecular weight is 372 g/mol. The van der Waals surface area contributed by atoms with Crippen LogP contribution in [0.1, 0.15) is 38.7 Å². The number of phenolic OH excluding ortho intramolecular Hbond substituents is 1. The van der Waals surface area contributed by atoms with Crippen molar-refractivity contribution in [3.8, 4) is 5.75 Å². The van der Waals surface area contributed by atoms with Crippen LogP contribution in [0, 0.1) is 11.8 Å². The zero-order chi connectivity index (χ0) is 19.6. The summed E-state index contributed by atoms with van der Waals surface area (Å²) in [6, 6.07) is 4.94. The molecule has 2 heterocycles. The van der Waals surface area contributed by atoms with Crippen LogP contribution in [0.15, 0.2) is 23.3 Å². The van der Waals surface area contributed by atoms with E-state index in [2.05, 4.69) is 15.8 Å². The number of aromatic hydroxyl groups is 1. The van der Waals surface area contributed by atoms with Gasteiger partial charge >= 0.3 is 0 Å². The fourth-order valence-electron chi connectivity index (χ4n) is 3.49. The van der Waals surface area contributed by atoms with Crippen molar-refractivity contribution < 1.29 is 19.5 Å². The van der Waals surface area contributed by atoms with Crippen molar-refractivity contribution in [2.75, 3.05) is 18.4 Å². The van der Waals surface area contributed by atoms with Gasteiger partial charge in [-0.1, -0.05) is 13.0 Å². The molecule has 0 spiro atoms. The van der Waals surface area contributed by atoms with Crippen LogP contribution in [0.5, 0.6) is 5.75 Å². The maximum atomic E-state index is 12.5. The molecule has 1 saturated heterocycles. The Morgan fingerprint density at radius 1 is 1.30 bits per heavy atom. The third kappa shape index (κ3) is 4.27. The molecule has 8 heteroatoms. The van der Waals surface area contributed by atoms with E-state index in [1.165, 1.54) is 6.92 Å². The average Bonchev–Trinajstić information content (AvgIpc) is 2.63. The summed E-state index contributed by atoms with van der Waals surface area (Å²) < 4.78 is 0. The summed E-state index contributed by atoms with van der Waals surface area (Å²) in [5.74, 6) is -0.540. The van der Waals surface area contributed by atoms with Gasteiger partial charge in [-0.15, -0.1) is 0 Å². The highest BCUT2D eigenvalue weighted by molar-refractivity contribution is 6.06. The van der Waals surface area contributed by atoms with E-state index in [4.69, 9.17) is 0 Å². The number of amides is 3. The molecule has 0 radical (unpaired) electrons. The van der Waals surface area contributed by atoms with E-state index in [9.17, 15) is 19.5 Å². The number of nitrogens with one attached hydrogen (secondary N) is 2. The van der Waals surface area contributed by atoms with E-state index in [1.807, 2.05) is 6.92 Å². The summed E-state index contributed by atoms with van der Waals surface area (Å²) in [6.45, 7) is 4.57. The number of benzene rings is 1. The van der Waals surface area contributed by atoms with Crippen LogP contribution >= 0.6 is 0 Å². The monoisotopic (exact) mass is 372 g/mol. The number of carbonyl (C=O) groups excluding carboxylic acids is 3. The second-order valence-electron chi connectivity index (χ2n) is 7.14. The molecule has 2 aliphatic heterocycles. The van der Waals surface area contributed by atoms with Gasteiger partial charge in [-0.2, -0.15) is 5.10 Å². The number of phenols is 1. The number of hydrogen-bond acceptors (Lipinski definition) is 5. The van der Waals surface area contributed by atoms with Crippen LogP contribution < -0.4 is 10.7 Å². The van der Waals surface area contributed by atoms with Gasteiger partial charge in [0.2, 0.25) is 17.7 Å². The number of hydrazone groups is 1. The van der Waals surface area contributed by atoms with Crippen LogP contribution in [0.2, 0.25) is 0 Å². The molecule has 2 aliphatic rings. The smallest absolute Gasteiger partial charge is 0.240 e. The first-order valence-corrected chi connectivity index (χ1v) is 9.11. The minimum absolute atomic E-state index is 0.0261. The molecule has 3 N–H and O–H groups in total. The lowest BCUT2D eigenvalue weighted by Crippen LogP contribution is -2.40. The Hall–Kier alpha value is -2.90. The first-order valence-electron chi connectivity index (χ1n) is 9.11. The van der Waals surface area contributed by atoms with Gasteiger partial charge in [0.15, 0.2) is 0 Å². The Kier molecular flexibility index (Phi) is 5.43. The quantitative estimate of drug-likeness (QED) is 0.697. The number of likely N-dealkylation sites (tertiary alicyclic amines) is 1. The molecule has 0 saturated carbocycles. The molecular weight excluding hydrogens is 348 g/mol. The SMILES string of the molecule is CC(=O)N1CCC(C(=O)Nc2ccc(C3=NNC(=O)CC3C)cc2O)CC1. The van der Waals surface area contributed by atoms with E-state index in [0.717, 1.165) is 0 Å². The molecule has 1 aromatic rings. The number of hydrogen-bond donors (Lipinski definition) is 3. The molecule has 1 fully saturated rings. The summed E-state index contributed by atoms with van der Waals surface area (Å²) in [5.41, 5.74) is 4.19. The number of nitrogens with zero attached hydrogens (tertiary/aromatic N) is 2. The maximum absolute atomic E-state index is 12.5. The molecule has 0 bridgehead atoms. The second-order valence-corrected chi connectivity index (χ2v) is 7.14. The zero-order valence-corrected chi connectivity index (χ0v) is 15.5. The van der Waals surface area contributed by atoms with Gasteiger partial charge in [0, 0.05) is 43.8 Å². The summed E-state index contributed by atoms with van der Waals surface area (Å²) in [7, 11) is 0. The molecule has 1 aromatic carbocycles. The molecule has 3 amide bonds. The molecule has 1 atom stereocenters. The molecule has 3 rings (SSSR count). The highest BCUT2D eigenvalue weighted by Gasteiger charge is 2.27. The largest absolute Gasteiger partial charge is 0.506 e. The minimum Gasteiger partial charge on any atom is -0.506 e. The lowest BCUT2D eigenvalue weighted by Gasteiger charge is -2.30. The van der Waals surface area contributed by atoms with Crippen molar-refractivity contribution in [1.29, 1.82) is 0 Å². The Morgan fingerprint density at radius 3 is 2.59 bits per heavy atom. The highest BCUT2D eigenvalue weighted by atomic mass is 16.3. The van der Waals surface area contributed by atoms with E-state index >= 15 is 0 Å². The zero-order valence-electron chi connectivity index (χ0n) is 15.5. The Morgan fingerprint density at radius 2 is 2.00 bits per heavy atom. The standard InChI is InChI=1S/C19H24N4O4/c1-11-9-17(26)21-22-18(11)14-3-4-15(16(25)10-14)20-19(27)13-5-7-23(8-6-13)12(2)24/h3-4,10-11,13,25H,5-9H2,1-2H3,(H,20,27)(H,21,26). The lowest BCUT2D eigenvalue weighted by atomic mass is 9.93. The van der Waals surface area contributed by atoms with E-state index in [1.54, 1.807) is 23.1 Å². The topological polar surface area (TPSA) is 111 Å². The van der Waals surface area contributed by atoms with Crippen LogP contribution in [-0.2, 0) is 14.4 Å². The molecule has 27 heavy (non-hydrogen) atoms. The van der Waals surface area contributed by atoms with Gasteiger partial charge in [-0.3, -0.25) is 14.4 Å². The van der Waals surface area contributed by atoms with E-state index < -0.39 is 0 Å². The Labute approximate surface area is 157 Å². The fraction of sp³-hybridized carbons (Fsp3) is 0.474. The van der Waals surface area contributed by atoms with Crippen molar-refractivity contribution >= 4 is 29.1 Å². The predicted molar refractivity (Wildman–Crippen MR) is 100 cm³/mol. The third-order valence-electron chi connectivity index (χ3n) is 5.12. The first-order chi connectivity index (χ1) is 12.8. The van der Waals surface area contributed by atoms with Crippen LogP contribution in [-0.4, -0.2) is 46.5 Å². The van der Waals surface area contributed by atoms with Crippen molar-refractivity contribution in [1.82, 2.24) is 10.3 Å². The molecule has 1 unspecified atom stereocenters. The van der Waals surface area contributed by atoms with Gasteiger partial charge in [-0.25, -0.2) is 5.43 Å². The van der Waals surface area contributed by atoms with Crippen molar-refractivity contribution in [2.24, 2.45) is 16.9 Å². The van der Waals surface area contributed by atoms with E-state index in [0.29, 0.717) is 49.3 Å². The number of carbonyl (C=O) groups is 3. The number of anilines is 1. The van der Waals surface area contributed by atoms with E-state index in [-0.39, 0.29) is 35.3 Å². The highest BCUT2D eigenvalue weighted by Crippen LogP contribution is 2.28. The molecule has 144 valence electrons. The van der Waals surface area contributed by atoms with Gasteiger partial charge in [-0.05, 0) is 25.0 Å². The molecular formula is C19H24N4O4. The summed E-state index contributed by atoms with van der Waals surface area (Å²) in [6.07, 6.45) is 1.56. The minimum atomic E-state index is -0.183. The summed E-state index contributed by atoms with van der Waals surface area (Å²) in [4.78, 5) is 36.9. The molecule has 0 aliphatic carbocycles. The lowest BCUT2D eigenvalue weighted by molar-refractivity contribution is -0.132. The normalized spacial score (nSPS) is 20.7. The van der Waals surface area contributed by atoms with Crippen molar-refractivity contribution in [3.63, 3.8) is 0 Å². The van der Waals surface area contributed by atoms with Gasteiger partial charge < -0.3 is 15.3 Å². The molecule has 0 aromatic heterocycles. The van der Waals surface area contributed by atoms with Gasteiger partial charge in [0.1, 0.15) is 5.75 Å². The van der Waals surface area contributed by atoms with Crippen molar-refractivity contribution in [3.05, 3.63) is 23.8 Å². The fourth-order valence-corrected chi connectivity index (χ4v) is 3.49. The van der Waals surface area contributed by atoms with Crippen LogP contribution in [0.4, 0.5) is 5.69 Å². The Bertz CT molecular complexity index is 797.